The zero-order chi connectivity index (χ0) is 10.6. The van der Waals surface area contributed by atoms with E-state index in [0.29, 0.717) is 11.4 Å². The van der Waals surface area contributed by atoms with E-state index in [0.717, 1.165) is 5.56 Å². The van der Waals surface area contributed by atoms with Crippen molar-refractivity contribution >= 4 is 21.8 Å². The summed E-state index contributed by atoms with van der Waals surface area (Å²) in [7, 11) is -3.59. The van der Waals surface area contributed by atoms with Crippen LogP contribution in [0, 0.1) is 0 Å². The number of nitrogens with two attached hydrogens (primary N) is 1. The minimum absolute atomic E-state index is 0.277. The lowest BCUT2D eigenvalue weighted by atomic mass is 10.2. The Labute approximate surface area is 88.3 Å². The molecule has 0 radical (unpaired) electrons. The highest BCUT2D eigenvalue weighted by molar-refractivity contribution is 7.87. The molecule has 0 bridgehead atoms. The number of hydrogen-bond acceptors (Lipinski definition) is 2. The topological polar surface area (TPSA) is 72.2 Å². The van der Waals surface area contributed by atoms with Gasteiger partial charge in [0, 0.05) is 11.6 Å². The maximum atomic E-state index is 10.5. The fraction of sp³-hybridized carbons (Fsp3) is 0.250. The lowest BCUT2D eigenvalue weighted by Gasteiger charge is -2.02. The molecule has 0 aliphatic rings. The number of nitrogens with one attached hydrogen (secondary N) is 1. The van der Waals surface area contributed by atoms with E-state index in [4.69, 9.17) is 16.7 Å². The van der Waals surface area contributed by atoms with Crippen molar-refractivity contribution < 1.29 is 8.42 Å². The molecule has 0 saturated heterocycles. The van der Waals surface area contributed by atoms with Crippen LogP contribution in [0.15, 0.2) is 24.3 Å². The van der Waals surface area contributed by atoms with Crippen molar-refractivity contribution in [1.29, 1.82) is 0 Å². The van der Waals surface area contributed by atoms with Gasteiger partial charge in [0.15, 0.2) is 0 Å². The highest BCUT2D eigenvalue weighted by atomic mass is 35.5. The van der Waals surface area contributed by atoms with E-state index >= 15 is 0 Å². The van der Waals surface area contributed by atoms with Gasteiger partial charge in [-0.1, -0.05) is 23.7 Å². The summed E-state index contributed by atoms with van der Waals surface area (Å²) in [6.45, 7) is 0.277. The maximum absolute atomic E-state index is 10.5. The van der Waals surface area contributed by atoms with E-state index in [-0.39, 0.29) is 6.54 Å². The van der Waals surface area contributed by atoms with Gasteiger partial charge < -0.3 is 0 Å². The first kappa shape index (κ1) is 11.5. The van der Waals surface area contributed by atoms with Crippen LogP contribution in [0.5, 0.6) is 0 Å². The minimum Gasteiger partial charge on any atom is -0.216 e. The van der Waals surface area contributed by atoms with Crippen LogP contribution >= 0.6 is 11.6 Å². The first-order valence-corrected chi connectivity index (χ1v) is 5.91. The van der Waals surface area contributed by atoms with Crippen molar-refractivity contribution in [2.75, 3.05) is 6.54 Å². The monoisotopic (exact) mass is 234 g/mol. The van der Waals surface area contributed by atoms with Gasteiger partial charge in [-0.15, -0.1) is 0 Å². The largest absolute Gasteiger partial charge is 0.274 e. The Bertz CT molecular complexity index is 406. The van der Waals surface area contributed by atoms with Gasteiger partial charge in [-0.25, -0.2) is 9.86 Å². The van der Waals surface area contributed by atoms with Crippen molar-refractivity contribution in [2.45, 2.75) is 6.42 Å². The summed E-state index contributed by atoms with van der Waals surface area (Å²) in [5, 5.41) is 5.40. The molecule has 1 rings (SSSR count). The number of halogens is 1. The van der Waals surface area contributed by atoms with Crippen LogP contribution in [0.3, 0.4) is 0 Å². The molecule has 0 aromatic heterocycles. The fourth-order valence-corrected chi connectivity index (χ4v) is 1.63. The number of rotatable bonds is 4. The molecule has 0 saturated carbocycles. The third kappa shape index (κ3) is 4.57. The highest BCUT2D eigenvalue weighted by Crippen LogP contribution is 2.10. The van der Waals surface area contributed by atoms with Gasteiger partial charge in [-0.05, 0) is 24.1 Å². The normalized spacial score (nSPS) is 11.6. The number of hydrogen-bond donors (Lipinski definition) is 2. The van der Waals surface area contributed by atoms with Crippen LogP contribution in [0.2, 0.25) is 5.02 Å². The van der Waals surface area contributed by atoms with Crippen molar-refractivity contribution in [3.63, 3.8) is 0 Å². The summed E-state index contributed by atoms with van der Waals surface area (Å²) in [6, 6.07) is 7.23. The predicted octanol–water partition coefficient (Wildman–Crippen LogP) is 0.676. The van der Waals surface area contributed by atoms with Crippen LogP contribution in [-0.4, -0.2) is 15.0 Å². The molecule has 14 heavy (non-hydrogen) atoms. The lowest BCUT2D eigenvalue weighted by Crippen LogP contribution is -2.32. The summed E-state index contributed by atoms with van der Waals surface area (Å²) in [5.41, 5.74) is 0.966. The molecule has 0 amide bonds. The van der Waals surface area contributed by atoms with Gasteiger partial charge in [0.2, 0.25) is 0 Å². The molecule has 78 valence electrons. The van der Waals surface area contributed by atoms with Gasteiger partial charge >= 0.3 is 0 Å². The van der Waals surface area contributed by atoms with E-state index in [9.17, 15) is 8.42 Å². The molecule has 0 fully saturated rings. The average Bonchev–Trinajstić information content (AvgIpc) is 2.01. The minimum atomic E-state index is -3.59. The molecule has 0 unspecified atom stereocenters. The Morgan fingerprint density at radius 1 is 1.43 bits per heavy atom. The standard InChI is InChI=1S/C8H11ClN2O2S/c9-8-3-1-2-7(6-8)4-5-11-14(10,12)13/h1-3,6,11H,4-5H2,(H2,10,12,13). The van der Waals surface area contributed by atoms with E-state index in [1.165, 1.54) is 0 Å². The Morgan fingerprint density at radius 2 is 2.14 bits per heavy atom. The Balaban J connectivity index is 2.47. The Morgan fingerprint density at radius 3 is 2.71 bits per heavy atom. The first-order valence-electron chi connectivity index (χ1n) is 3.99. The molecule has 0 atom stereocenters. The summed E-state index contributed by atoms with van der Waals surface area (Å²) in [5.74, 6) is 0. The second-order valence-electron chi connectivity index (χ2n) is 2.82. The highest BCUT2D eigenvalue weighted by Gasteiger charge is 2.00. The Kier molecular flexibility index (Phi) is 3.88. The molecule has 0 aliphatic carbocycles. The summed E-state index contributed by atoms with van der Waals surface area (Å²) >= 11 is 5.75. The Hall–Kier alpha value is -0.620. The van der Waals surface area contributed by atoms with Gasteiger partial charge in [0.25, 0.3) is 10.2 Å². The third-order valence-corrected chi connectivity index (χ3v) is 2.45. The molecule has 1 aromatic rings. The van der Waals surface area contributed by atoms with Crippen molar-refractivity contribution in [2.24, 2.45) is 5.14 Å². The van der Waals surface area contributed by atoms with Gasteiger partial charge in [-0.2, -0.15) is 8.42 Å². The smallest absolute Gasteiger partial charge is 0.216 e. The molecule has 1 aromatic carbocycles. The van der Waals surface area contributed by atoms with Crippen LogP contribution in [0.25, 0.3) is 0 Å². The van der Waals surface area contributed by atoms with E-state index in [1.54, 1.807) is 12.1 Å². The molecular formula is C8H11ClN2O2S. The number of benzene rings is 1. The quantitative estimate of drug-likeness (QED) is 0.804. The van der Waals surface area contributed by atoms with Gasteiger partial charge in [0.1, 0.15) is 0 Å². The summed E-state index contributed by atoms with van der Waals surface area (Å²) in [4.78, 5) is 0. The predicted molar refractivity (Wildman–Crippen MR) is 56.3 cm³/mol. The third-order valence-electron chi connectivity index (χ3n) is 1.61. The first-order chi connectivity index (χ1) is 6.47. The van der Waals surface area contributed by atoms with Crippen molar-refractivity contribution in [3.8, 4) is 0 Å². The lowest BCUT2D eigenvalue weighted by molar-refractivity contribution is 0.583. The van der Waals surface area contributed by atoms with Gasteiger partial charge in [0.05, 0.1) is 0 Å². The zero-order valence-electron chi connectivity index (χ0n) is 7.40. The van der Waals surface area contributed by atoms with Crippen molar-refractivity contribution in [3.05, 3.63) is 34.9 Å². The van der Waals surface area contributed by atoms with E-state index in [1.807, 2.05) is 12.1 Å². The van der Waals surface area contributed by atoms with Crippen LogP contribution < -0.4 is 9.86 Å². The van der Waals surface area contributed by atoms with Crippen LogP contribution in [-0.2, 0) is 16.6 Å². The van der Waals surface area contributed by atoms with Gasteiger partial charge in [-0.3, -0.25) is 0 Å². The molecule has 0 aliphatic heterocycles. The zero-order valence-corrected chi connectivity index (χ0v) is 8.98. The second kappa shape index (κ2) is 4.75. The molecule has 4 nitrogen and oxygen atoms in total. The maximum Gasteiger partial charge on any atom is 0.274 e. The van der Waals surface area contributed by atoms with Crippen molar-refractivity contribution in [1.82, 2.24) is 4.72 Å². The van der Waals surface area contributed by atoms with E-state index in [2.05, 4.69) is 4.72 Å². The molecule has 0 heterocycles. The molecule has 6 heteroatoms. The summed E-state index contributed by atoms with van der Waals surface area (Å²) in [6.07, 6.45) is 0.566. The SMILES string of the molecule is NS(=O)(=O)NCCc1cccc(Cl)c1. The second-order valence-corrected chi connectivity index (χ2v) is 4.63. The van der Waals surface area contributed by atoms with E-state index < -0.39 is 10.2 Å². The molecule has 0 spiro atoms. The fourth-order valence-electron chi connectivity index (χ4n) is 1.03. The average molecular weight is 235 g/mol. The van der Waals surface area contributed by atoms with Crippen LogP contribution in [0.1, 0.15) is 5.56 Å². The molecule has 3 N–H and O–H groups in total. The van der Waals surface area contributed by atoms with Crippen LogP contribution in [0.4, 0.5) is 0 Å². The molecular weight excluding hydrogens is 224 g/mol. The summed E-state index contributed by atoms with van der Waals surface area (Å²) < 4.78 is 23.3.